The minimum Gasteiger partial charge on any atom is -0.344 e. The van der Waals surface area contributed by atoms with Gasteiger partial charge in [0.15, 0.2) is 4.34 Å². The Labute approximate surface area is 201 Å². The van der Waals surface area contributed by atoms with Crippen LogP contribution in [0.4, 0.5) is 5.69 Å². The first-order valence-electron chi connectivity index (χ1n) is 10.8. The molecule has 0 aliphatic carbocycles. The fourth-order valence-electron chi connectivity index (χ4n) is 3.47. The van der Waals surface area contributed by atoms with Crippen LogP contribution >= 0.6 is 23.1 Å². The lowest BCUT2D eigenvalue weighted by Crippen LogP contribution is -2.30. The molecule has 0 bridgehead atoms. The van der Waals surface area contributed by atoms with Crippen LogP contribution in [0.2, 0.25) is 0 Å². The molecule has 4 aromatic rings. The van der Waals surface area contributed by atoms with Crippen molar-refractivity contribution in [3.8, 4) is 0 Å². The topological polar surface area (TPSA) is 71.1 Å². The van der Waals surface area contributed by atoms with Crippen LogP contribution in [0.15, 0.2) is 83.2 Å². The van der Waals surface area contributed by atoms with Crippen LogP contribution in [-0.2, 0) is 9.59 Å². The highest BCUT2D eigenvalue weighted by Crippen LogP contribution is 2.31. The number of fused-ring (bicyclic) bond motifs is 1. The fourth-order valence-corrected chi connectivity index (χ4v) is 5.39. The third kappa shape index (κ3) is 6.21. The molecular formula is C26H25N3O2S2. The van der Waals surface area contributed by atoms with Gasteiger partial charge in [-0.2, -0.15) is 0 Å². The molecule has 4 rings (SSSR count). The maximum absolute atomic E-state index is 12.8. The van der Waals surface area contributed by atoms with Gasteiger partial charge in [-0.3, -0.25) is 9.59 Å². The summed E-state index contributed by atoms with van der Waals surface area (Å²) in [6, 6.07) is 25.4. The zero-order valence-electron chi connectivity index (χ0n) is 18.3. The summed E-state index contributed by atoms with van der Waals surface area (Å²) in [5, 5.41) is 6.08. The number of hydrogen-bond acceptors (Lipinski definition) is 5. The highest BCUT2D eigenvalue weighted by Gasteiger charge is 2.17. The molecule has 0 atom stereocenters. The number of benzene rings is 3. The summed E-state index contributed by atoms with van der Waals surface area (Å²) in [5.41, 5.74) is 3.72. The molecule has 168 valence electrons. The van der Waals surface area contributed by atoms with E-state index in [1.807, 2.05) is 85.8 Å². The molecule has 0 unspecified atom stereocenters. The van der Waals surface area contributed by atoms with Gasteiger partial charge in [0, 0.05) is 12.1 Å². The lowest BCUT2D eigenvalue weighted by atomic mass is 9.99. The van der Waals surface area contributed by atoms with Gasteiger partial charge in [-0.15, -0.1) is 11.3 Å². The van der Waals surface area contributed by atoms with E-state index < -0.39 is 0 Å². The van der Waals surface area contributed by atoms with Crippen LogP contribution in [0.5, 0.6) is 0 Å². The van der Waals surface area contributed by atoms with Gasteiger partial charge in [0.2, 0.25) is 11.8 Å². The molecule has 5 nitrogen and oxygen atoms in total. The molecule has 0 aliphatic heterocycles. The second kappa shape index (κ2) is 11.1. The first-order chi connectivity index (χ1) is 16.1. The largest absolute Gasteiger partial charge is 0.344 e. The van der Waals surface area contributed by atoms with Gasteiger partial charge in [0.05, 0.1) is 22.0 Å². The van der Waals surface area contributed by atoms with E-state index in [4.69, 9.17) is 0 Å². The number of thiazole rings is 1. The molecule has 1 aromatic heterocycles. The number of aromatic nitrogens is 1. The quantitative estimate of drug-likeness (QED) is 0.290. The number of nitrogens with one attached hydrogen (secondary N) is 2. The minimum atomic E-state index is -0.204. The predicted molar refractivity (Wildman–Crippen MR) is 137 cm³/mol. The van der Waals surface area contributed by atoms with Crippen molar-refractivity contribution in [1.82, 2.24) is 10.3 Å². The number of anilines is 1. The van der Waals surface area contributed by atoms with Gasteiger partial charge < -0.3 is 10.6 Å². The fraction of sp³-hybridized carbons (Fsp3) is 0.192. The molecule has 0 spiro atoms. The van der Waals surface area contributed by atoms with Crippen molar-refractivity contribution in [2.24, 2.45) is 0 Å². The van der Waals surface area contributed by atoms with E-state index in [1.54, 1.807) is 0 Å². The Morgan fingerprint density at radius 1 is 0.939 bits per heavy atom. The molecule has 2 amide bonds. The lowest BCUT2D eigenvalue weighted by molar-refractivity contribution is -0.119. The van der Waals surface area contributed by atoms with Gasteiger partial charge in [0.1, 0.15) is 0 Å². The first-order valence-corrected chi connectivity index (χ1v) is 12.6. The number of amides is 2. The number of carbonyl (C=O) groups is 2. The molecule has 1 heterocycles. The van der Waals surface area contributed by atoms with Gasteiger partial charge in [0.25, 0.3) is 0 Å². The Morgan fingerprint density at radius 2 is 1.61 bits per heavy atom. The Morgan fingerprint density at radius 3 is 2.24 bits per heavy atom. The number of thioether (sulfide) groups is 1. The van der Waals surface area contributed by atoms with Crippen molar-refractivity contribution in [3.05, 3.63) is 90.0 Å². The third-order valence-electron chi connectivity index (χ3n) is 5.03. The average Bonchev–Trinajstić information content (AvgIpc) is 3.25. The SMILES string of the molecule is CCCC(=O)Nc1ccc2nc(SCC(=O)NC(c3ccccc3)c3ccccc3)sc2c1. The summed E-state index contributed by atoms with van der Waals surface area (Å²) in [5.74, 6) is 0.235. The second-order valence-corrected chi connectivity index (χ2v) is 9.82. The third-order valence-corrected chi connectivity index (χ3v) is 7.19. The smallest absolute Gasteiger partial charge is 0.231 e. The van der Waals surface area contributed by atoms with Crippen LogP contribution in [-0.4, -0.2) is 22.6 Å². The second-order valence-electron chi connectivity index (χ2n) is 7.57. The first kappa shape index (κ1) is 23.0. The molecule has 0 aliphatic rings. The van der Waals surface area contributed by atoms with Crippen molar-refractivity contribution in [2.45, 2.75) is 30.1 Å². The van der Waals surface area contributed by atoms with Crippen LogP contribution in [0.3, 0.4) is 0 Å². The number of hydrogen-bond donors (Lipinski definition) is 2. The summed E-state index contributed by atoms with van der Waals surface area (Å²) in [6.45, 7) is 1.98. The summed E-state index contributed by atoms with van der Waals surface area (Å²) >= 11 is 2.95. The van der Waals surface area contributed by atoms with Crippen LogP contribution in [0.1, 0.15) is 36.9 Å². The number of nitrogens with zero attached hydrogens (tertiary/aromatic N) is 1. The van der Waals surface area contributed by atoms with Crippen molar-refractivity contribution in [1.29, 1.82) is 0 Å². The Kier molecular flexibility index (Phi) is 7.75. The highest BCUT2D eigenvalue weighted by molar-refractivity contribution is 8.01. The lowest BCUT2D eigenvalue weighted by Gasteiger charge is -2.19. The molecule has 33 heavy (non-hydrogen) atoms. The molecular weight excluding hydrogens is 450 g/mol. The van der Waals surface area contributed by atoms with Gasteiger partial charge in [-0.25, -0.2) is 4.98 Å². The van der Waals surface area contributed by atoms with Crippen LogP contribution < -0.4 is 10.6 Å². The number of rotatable bonds is 9. The van der Waals surface area contributed by atoms with E-state index >= 15 is 0 Å². The van der Waals surface area contributed by atoms with E-state index in [-0.39, 0.29) is 23.6 Å². The summed E-state index contributed by atoms with van der Waals surface area (Å²) in [7, 11) is 0. The summed E-state index contributed by atoms with van der Waals surface area (Å²) in [4.78, 5) is 29.3. The Hall–Kier alpha value is -3.16. The molecule has 7 heteroatoms. The molecule has 0 radical (unpaired) electrons. The summed E-state index contributed by atoms with van der Waals surface area (Å²) < 4.78 is 1.81. The van der Waals surface area contributed by atoms with Crippen molar-refractivity contribution < 1.29 is 9.59 Å². The molecule has 2 N–H and O–H groups in total. The standard InChI is InChI=1S/C26H25N3O2S2/c1-2-9-23(30)27-20-14-15-21-22(16-20)33-26(28-21)32-17-24(31)29-25(18-10-5-3-6-11-18)19-12-7-4-8-13-19/h3-8,10-16,25H,2,9,17H2,1H3,(H,27,30)(H,29,31). The maximum Gasteiger partial charge on any atom is 0.231 e. The van der Waals surface area contributed by atoms with Crippen LogP contribution in [0.25, 0.3) is 10.2 Å². The molecule has 3 aromatic carbocycles. The Bertz CT molecular complexity index is 1190. The van der Waals surface area contributed by atoms with Crippen molar-refractivity contribution in [3.63, 3.8) is 0 Å². The molecule has 0 saturated carbocycles. The predicted octanol–water partition coefficient (Wildman–Crippen LogP) is 6.03. The van der Waals surface area contributed by atoms with E-state index in [1.165, 1.54) is 23.1 Å². The van der Waals surface area contributed by atoms with Gasteiger partial charge in [-0.1, -0.05) is 79.3 Å². The van der Waals surface area contributed by atoms with Crippen molar-refractivity contribution in [2.75, 3.05) is 11.1 Å². The zero-order valence-corrected chi connectivity index (χ0v) is 19.9. The van der Waals surface area contributed by atoms with E-state index in [0.717, 1.165) is 37.8 Å². The summed E-state index contributed by atoms with van der Waals surface area (Å²) in [6.07, 6.45) is 1.32. The minimum absolute atomic E-state index is 0.0130. The number of carbonyl (C=O) groups excluding carboxylic acids is 2. The van der Waals surface area contributed by atoms with E-state index in [0.29, 0.717) is 6.42 Å². The normalized spacial score (nSPS) is 11.0. The Balaban J connectivity index is 1.41. The van der Waals surface area contributed by atoms with E-state index in [2.05, 4.69) is 15.6 Å². The van der Waals surface area contributed by atoms with Crippen LogP contribution in [0, 0.1) is 0 Å². The highest BCUT2D eigenvalue weighted by atomic mass is 32.2. The monoisotopic (exact) mass is 475 g/mol. The zero-order chi connectivity index (χ0) is 23.0. The maximum atomic E-state index is 12.8. The molecule has 0 saturated heterocycles. The molecule has 0 fully saturated rings. The van der Waals surface area contributed by atoms with Gasteiger partial charge in [-0.05, 0) is 35.7 Å². The van der Waals surface area contributed by atoms with Crippen molar-refractivity contribution >= 4 is 50.8 Å². The van der Waals surface area contributed by atoms with Gasteiger partial charge >= 0.3 is 0 Å². The van der Waals surface area contributed by atoms with E-state index in [9.17, 15) is 9.59 Å². The average molecular weight is 476 g/mol.